The summed E-state index contributed by atoms with van der Waals surface area (Å²) >= 11 is 0. The van der Waals surface area contributed by atoms with Crippen LogP contribution in [0.1, 0.15) is 19.4 Å². The molecular weight excluding hydrogens is 190 g/mol. The molecule has 2 heterocycles. The van der Waals surface area contributed by atoms with Crippen LogP contribution < -0.4 is 16.4 Å². The molecule has 1 saturated heterocycles. The van der Waals surface area contributed by atoms with E-state index in [0.717, 1.165) is 31.9 Å². The van der Waals surface area contributed by atoms with Gasteiger partial charge in [-0.05, 0) is 6.42 Å². The Morgan fingerprint density at radius 3 is 3.13 bits per heavy atom. The number of nitrogens with zero attached hydrogens (tertiary/aromatic N) is 2. The van der Waals surface area contributed by atoms with Crippen LogP contribution in [0.15, 0.2) is 12.3 Å². The zero-order chi connectivity index (χ0) is 10.7. The molecule has 2 rings (SSSR count). The topological polar surface area (TPSA) is 67.9 Å². The molecule has 5 nitrogen and oxygen atoms in total. The predicted octanol–water partition coefficient (Wildman–Crippen LogP) is 0.177. The summed E-state index contributed by atoms with van der Waals surface area (Å²) in [6.45, 7) is 4.92. The summed E-state index contributed by atoms with van der Waals surface area (Å²) < 4.78 is 2.04. The van der Waals surface area contributed by atoms with Crippen molar-refractivity contribution in [2.75, 3.05) is 25.0 Å². The second kappa shape index (κ2) is 4.63. The number of hydrogen-bond donors (Lipinski definition) is 3. The van der Waals surface area contributed by atoms with Crippen LogP contribution in [0.5, 0.6) is 0 Å². The lowest BCUT2D eigenvalue weighted by molar-refractivity contribution is 0.321. The summed E-state index contributed by atoms with van der Waals surface area (Å²) in [7, 11) is 0. The molecule has 5 heteroatoms. The van der Waals surface area contributed by atoms with E-state index in [1.165, 1.54) is 0 Å². The minimum Gasteiger partial charge on any atom is -0.369 e. The minimum absolute atomic E-state index is 0.216. The lowest BCUT2D eigenvalue weighted by Gasteiger charge is -2.29. The standard InChI is InChI=1S/C10H19N5/c1-2-8(11)5-13-10-3-4-14-15(10)9-6-12-7-9/h3-4,8-9,12-13H,2,5-7,11H2,1H3. The summed E-state index contributed by atoms with van der Waals surface area (Å²) in [6.07, 6.45) is 2.82. The van der Waals surface area contributed by atoms with E-state index in [4.69, 9.17) is 5.73 Å². The Labute approximate surface area is 90.0 Å². The van der Waals surface area contributed by atoms with E-state index in [-0.39, 0.29) is 6.04 Å². The van der Waals surface area contributed by atoms with Gasteiger partial charge in [0, 0.05) is 31.7 Å². The Bertz CT molecular complexity index is 305. The van der Waals surface area contributed by atoms with Gasteiger partial charge in [-0.2, -0.15) is 5.10 Å². The Balaban J connectivity index is 1.92. The van der Waals surface area contributed by atoms with Gasteiger partial charge in [0.2, 0.25) is 0 Å². The van der Waals surface area contributed by atoms with E-state index in [2.05, 4.69) is 22.7 Å². The molecule has 15 heavy (non-hydrogen) atoms. The molecule has 1 atom stereocenters. The SMILES string of the molecule is CCC(N)CNc1ccnn1C1CNC1. The van der Waals surface area contributed by atoms with Crippen molar-refractivity contribution in [1.29, 1.82) is 0 Å². The maximum Gasteiger partial charge on any atom is 0.124 e. The zero-order valence-corrected chi connectivity index (χ0v) is 9.11. The van der Waals surface area contributed by atoms with Crippen molar-refractivity contribution in [3.05, 3.63) is 12.3 Å². The van der Waals surface area contributed by atoms with Crippen LogP contribution in [0.25, 0.3) is 0 Å². The molecule has 1 aliphatic heterocycles. The van der Waals surface area contributed by atoms with Gasteiger partial charge in [-0.3, -0.25) is 0 Å². The Morgan fingerprint density at radius 2 is 2.53 bits per heavy atom. The third-order valence-electron chi connectivity index (χ3n) is 2.85. The van der Waals surface area contributed by atoms with E-state index in [9.17, 15) is 0 Å². The molecule has 1 aliphatic rings. The van der Waals surface area contributed by atoms with Crippen LogP contribution in [-0.4, -0.2) is 35.5 Å². The molecule has 0 saturated carbocycles. The van der Waals surface area contributed by atoms with Gasteiger partial charge in [0.25, 0.3) is 0 Å². The molecule has 1 aromatic heterocycles. The molecule has 0 aliphatic carbocycles. The first kappa shape index (κ1) is 10.4. The predicted molar refractivity (Wildman–Crippen MR) is 60.9 cm³/mol. The van der Waals surface area contributed by atoms with Crippen LogP contribution in [-0.2, 0) is 0 Å². The monoisotopic (exact) mass is 209 g/mol. The van der Waals surface area contributed by atoms with E-state index in [1.54, 1.807) is 0 Å². The fourth-order valence-corrected chi connectivity index (χ4v) is 1.57. The third kappa shape index (κ3) is 2.30. The quantitative estimate of drug-likeness (QED) is 0.647. The highest BCUT2D eigenvalue weighted by atomic mass is 15.4. The van der Waals surface area contributed by atoms with E-state index < -0.39 is 0 Å². The van der Waals surface area contributed by atoms with Gasteiger partial charge >= 0.3 is 0 Å². The Kier molecular flexibility index (Phi) is 3.23. The molecule has 84 valence electrons. The largest absolute Gasteiger partial charge is 0.369 e. The van der Waals surface area contributed by atoms with E-state index >= 15 is 0 Å². The molecule has 0 radical (unpaired) electrons. The van der Waals surface area contributed by atoms with Gasteiger partial charge in [-0.25, -0.2) is 4.68 Å². The summed E-state index contributed by atoms with van der Waals surface area (Å²) in [4.78, 5) is 0. The first-order valence-corrected chi connectivity index (χ1v) is 5.55. The number of aromatic nitrogens is 2. The van der Waals surface area contributed by atoms with Crippen LogP contribution in [0.4, 0.5) is 5.82 Å². The Hall–Kier alpha value is -1.07. The third-order valence-corrected chi connectivity index (χ3v) is 2.85. The average molecular weight is 209 g/mol. The summed E-state index contributed by atoms with van der Waals surface area (Å²) in [6, 6.07) is 2.72. The lowest BCUT2D eigenvalue weighted by Crippen LogP contribution is -2.44. The van der Waals surface area contributed by atoms with Crippen LogP contribution >= 0.6 is 0 Å². The zero-order valence-electron chi connectivity index (χ0n) is 9.11. The van der Waals surface area contributed by atoms with Crippen LogP contribution in [0, 0.1) is 0 Å². The maximum absolute atomic E-state index is 5.86. The van der Waals surface area contributed by atoms with Crippen molar-refractivity contribution < 1.29 is 0 Å². The second-order valence-electron chi connectivity index (χ2n) is 4.02. The summed E-state index contributed by atoms with van der Waals surface area (Å²) in [5.41, 5.74) is 5.86. The normalized spacial score (nSPS) is 18.5. The maximum atomic E-state index is 5.86. The fraction of sp³-hybridized carbons (Fsp3) is 0.700. The van der Waals surface area contributed by atoms with Crippen molar-refractivity contribution in [1.82, 2.24) is 15.1 Å². The number of nitrogens with one attached hydrogen (secondary N) is 2. The number of nitrogens with two attached hydrogens (primary N) is 1. The van der Waals surface area contributed by atoms with Gasteiger partial charge < -0.3 is 16.4 Å². The molecule has 0 spiro atoms. The fourth-order valence-electron chi connectivity index (χ4n) is 1.57. The van der Waals surface area contributed by atoms with Gasteiger partial charge in [0.1, 0.15) is 5.82 Å². The smallest absolute Gasteiger partial charge is 0.124 e. The highest BCUT2D eigenvalue weighted by Gasteiger charge is 2.21. The van der Waals surface area contributed by atoms with E-state index in [1.807, 2.05) is 16.9 Å². The average Bonchev–Trinajstić information content (AvgIpc) is 2.60. The molecule has 0 amide bonds. The molecule has 1 unspecified atom stereocenters. The highest BCUT2D eigenvalue weighted by Crippen LogP contribution is 2.17. The van der Waals surface area contributed by atoms with Crippen molar-refractivity contribution in [2.24, 2.45) is 5.73 Å². The van der Waals surface area contributed by atoms with Crippen LogP contribution in [0.2, 0.25) is 0 Å². The highest BCUT2D eigenvalue weighted by molar-refractivity contribution is 5.35. The van der Waals surface area contributed by atoms with Crippen molar-refractivity contribution >= 4 is 5.82 Å². The molecular formula is C10H19N5. The van der Waals surface area contributed by atoms with Crippen LogP contribution in [0.3, 0.4) is 0 Å². The number of hydrogen-bond acceptors (Lipinski definition) is 4. The second-order valence-corrected chi connectivity index (χ2v) is 4.02. The lowest BCUT2D eigenvalue weighted by atomic mass is 10.2. The number of rotatable bonds is 5. The van der Waals surface area contributed by atoms with Gasteiger partial charge in [0.15, 0.2) is 0 Å². The molecule has 1 aromatic rings. The van der Waals surface area contributed by atoms with E-state index in [0.29, 0.717) is 6.04 Å². The first-order chi connectivity index (χ1) is 7.31. The molecule has 0 bridgehead atoms. The summed E-state index contributed by atoms with van der Waals surface area (Å²) in [5.74, 6) is 1.07. The minimum atomic E-state index is 0.216. The molecule has 1 fully saturated rings. The van der Waals surface area contributed by atoms with Crippen molar-refractivity contribution in [3.8, 4) is 0 Å². The van der Waals surface area contributed by atoms with Gasteiger partial charge in [-0.1, -0.05) is 6.92 Å². The number of anilines is 1. The van der Waals surface area contributed by atoms with Crippen molar-refractivity contribution in [3.63, 3.8) is 0 Å². The Morgan fingerprint density at radius 1 is 1.73 bits per heavy atom. The first-order valence-electron chi connectivity index (χ1n) is 5.55. The van der Waals surface area contributed by atoms with Crippen molar-refractivity contribution in [2.45, 2.75) is 25.4 Å². The van der Waals surface area contributed by atoms with Gasteiger partial charge in [-0.15, -0.1) is 0 Å². The summed E-state index contributed by atoms with van der Waals surface area (Å²) in [5, 5.41) is 10.9. The molecule has 0 aromatic carbocycles. The molecule has 4 N–H and O–H groups in total. The van der Waals surface area contributed by atoms with Gasteiger partial charge in [0.05, 0.1) is 12.2 Å².